The molecule has 0 heterocycles. The highest BCUT2D eigenvalue weighted by Gasteiger charge is 2.28. The van der Waals surface area contributed by atoms with E-state index in [2.05, 4.69) is 33.0 Å². The van der Waals surface area contributed by atoms with Crippen molar-refractivity contribution in [1.82, 2.24) is 5.32 Å². The molecule has 1 saturated carbocycles. The molecule has 2 atom stereocenters. The van der Waals surface area contributed by atoms with E-state index < -0.39 is 0 Å². The van der Waals surface area contributed by atoms with Crippen LogP contribution in [-0.4, -0.2) is 17.9 Å². The van der Waals surface area contributed by atoms with Crippen LogP contribution in [0.4, 0.5) is 0 Å². The topological polar surface area (TPSA) is 29.1 Å². The Morgan fingerprint density at radius 2 is 1.67 bits per heavy atom. The quantitative estimate of drug-likeness (QED) is 0.784. The predicted molar refractivity (Wildman–Crippen MR) is 91.6 cm³/mol. The highest BCUT2D eigenvalue weighted by atomic mass is 16.1. The van der Waals surface area contributed by atoms with E-state index in [4.69, 9.17) is 0 Å². The maximum atomic E-state index is 12.0. The Kier molecular flexibility index (Phi) is 7.39. The van der Waals surface area contributed by atoms with E-state index in [9.17, 15) is 4.79 Å². The number of ketones is 1. The molecule has 1 aliphatic rings. The van der Waals surface area contributed by atoms with Gasteiger partial charge in [-0.15, -0.1) is 0 Å². The summed E-state index contributed by atoms with van der Waals surface area (Å²) in [5.74, 6) is 0.663. The molecule has 0 saturated heterocycles. The van der Waals surface area contributed by atoms with Crippen molar-refractivity contribution in [2.75, 3.05) is 6.54 Å². The van der Waals surface area contributed by atoms with Gasteiger partial charge in [0.05, 0.1) is 0 Å². The zero-order valence-electron chi connectivity index (χ0n) is 15.1. The van der Waals surface area contributed by atoms with Gasteiger partial charge in [-0.3, -0.25) is 4.79 Å². The van der Waals surface area contributed by atoms with E-state index in [0.29, 0.717) is 11.2 Å². The SMILES string of the molecule is CCNC1(C)CCCCCC(C)(C)CC(C(C)=O)CCC1. The highest BCUT2D eigenvalue weighted by molar-refractivity contribution is 5.78. The lowest BCUT2D eigenvalue weighted by Crippen LogP contribution is -2.42. The van der Waals surface area contributed by atoms with Crippen molar-refractivity contribution in [3.05, 3.63) is 0 Å². The lowest BCUT2D eigenvalue weighted by atomic mass is 9.75. The number of carbonyl (C=O) groups excluding carboxylic acids is 1. The molecule has 0 spiro atoms. The zero-order chi connectivity index (χ0) is 15.9. The molecule has 2 heteroatoms. The fourth-order valence-corrected chi connectivity index (χ4v) is 3.98. The minimum atomic E-state index is 0.269. The predicted octanol–water partition coefficient (Wildman–Crippen LogP) is 5.11. The molecular formula is C19H37NO. The van der Waals surface area contributed by atoms with Crippen molar-refractivity contribution < 1.29 is 4.79 Å². The summed E-state index contributed by atoms with van der Waals surface area (Å²) in [5, 5.41) is 3.69. The van der Waals surface area contributed by atoms with Gasteiger partial charge in [-0.2, -0.15) is 0 Å². The average Bonchev–Trinajstić information content (AvgIpc) is 2.36. The Morgan fingerprint density at radius 3 is 2.29 bits per heavy atom. The van der Waals surface area contributed by atoms with Gasteiger partial charge in [0.25, 0.3) is 0 Å². The summed E-state index contributed by atoms with van der Waals surface area (Å²) in [6.45, 7) is 12.1. The summed E-state index contributed by atoms with van der Waals surface area (Å²) < 4.78 is 0. The molecule has 2 nitrogen and oxygen atoms in total. The third-order valence-electron chi connectivity index (χ3n) is 5.34. The van der Waals surface area contributed by atoms with E-state index in [1.165, 1.54) is 44.9 Å². The van der Waals surface area contributed by atoms with E-state index in [1.807, 2.05) is 0 Å². The van der Waals surface area contributed by atoms with Gasteiger partial charge in [0.2, 0.25) is 0 Å². The average molecular weight is 296 g/mol. The minimum Gasteiger partial charge on any atom is -0.312 e. The first kappa shape index (κ1) is 18.7. The number of hydrogen-bond donors (Lipinski definition) is 1. The summed E-state index contributed by atoms with van der Waals surface area (Å²) in [7, 11) is 0. The third kappa shape index (κ3) is 6.95. The molecule has 0 aromatic carbocycles. The van der Waals surface area contributed by atoms with Crippen LogP contribution in [0.15, 0.2) is 0 Å². The van der Waals surface area contributed by atoms with E-state index in [1.54, 1.807) is 6.92 Å². The van der Waals surface area contributed by atoms with Gasteiger partial charge < -0.3 is 5.32 Å². The fourth-order valence-electron chi connectivity index (χ4n) is 3.98. The molecule has 0 amide bonds. The van der Waals surface area contributed by atoms with Gasteiger partial charge in [-0.1, -0.05) is 46.5 Å². The molecule has 0 radical (unpaired) electrons. The molecular weight excluding hydrogens is 258 g/mol. The second kappa shape index (κ2) is 8.31. The van der Waals surface area contributed by atoms with Crippen molar-refractivity contribution in [1.29, 1.82) is 0 Å². The maximum absolute atomic E-state index is 12.0. The largest absolute Gasteiger partial charge is 0.312 e. The van der Waals surface area contributed by atoms with Crippen LogP contribution in [0, 0.1) is 11.3 Å². The lowest BCUT2D eigenvalue weighted by Gasteiger charge is -2.34. The van der Waals surface area contributed by atoms with Gasteiger partial charge >= 0.3 is 0 Å². The van der Waals surface area contributed by atoms with Crippen LogP contribution in [0.2, 0.25) is 0 Å². The molecule has 0 aromatic heterocycles. The van der Waals surface area contributed by atoms with Gasteiger partial charge in [-0.25, -0.2) is 0 Å². The fraction of sp³-hybridized carbons (Fsp3) is 0.947. The lowest BCUT2D eigenvalue weighted by molar-refractivity contribution is -0.122. The Morgan fingerprint density at radius 1 is 1.05 bits per heavy atom. The van der Waals surface area contributed by atoms with E-state index >= 15 is 0 Å². The zero-order valence-corrected chi connectivity index (χ0v) is 15.1. The Hall–Kier alpha value is -0.370. The number of nitrogens with one attached hydrogen (secondary N) is 1. The van der Waals surface area contributed by atoms with Crippen LogP contribution in [0.1, 0.15) is 92.4 Å². The van der Waals surface area contributed by atoms with Crippen molar-refractivity contribution in [3.8, 4) is 0 Å². The molecule has 0 aliphatic heterocycles. The first-order valence-electron chi connectivity index (χ1n) is 9.03. The van der Waals surface area contributed by atoms with Gasteiger partial charge in [0.15, 0.2) is 0 Å². The summed E-state index contributed by atoms with van der Waals surface area (Å²) in [6, 6.07) is 0. The smallest absolute Gasteiger partial charge is 0.132 e. The Labute approximate surface area is 132 Å². The van der Waals surface area contributed by atoms with Crippen LogP contribution < -0.4 is 5.32 Å². The molecule has 124 valence electrons. The molecule has 21 heavy (non-hydrogen) atoms. The summed E-state index contributed by atoms with van der Waals surface area (Å²) in [5.41, 5.74) is 0.589. The first-order chi connectivity index (χ1) is 9.78. The normalized spacial score (nSPS) is 32.0. The molecule has 1 rings (SSSR count). The van der Waals surface area contributed by atoms with Crippen LogP contribution in [-0.2, 0) is 4.79 Å². The van der Waals surface area contributed by atoms with Gasteiger partial charge in [-0.05, 0) is 57.9 Å². The second-order valence-corrected chi connectivity index (χ2v) is 8.22. The van der Waals surface area contributed by atoms with Crippen LogP contribution >= 0.6 is 0 Å². The van der Waals surface area contributed by atoms with Crippen LogP contribution in [0.3, 0.4) is 0 Å². The summed E-state index contributed by atoms with van der Waals surface area (Å²) in [6.07, 6.45) is 11.0. The van der Waals surface area contributed by atoms with Gasteiger partial charge in [0, 0.05) is 11.5 Å². The Bertz CT molecular complexity index is 324. The summed E-state index contributed by atoms with van der Waals surface area (Å²) >= 11 is 0. The number of rotatable bonds is 3. The van der Waals surface area contributed by atoms with Crippen LogP contribution in [0.5, 0.6) is 0 Å². The van der Waals surface area contributed by atoms with Crippen LogP contribution in [0.25, 0.3) is 0 Å². The number of hydrogen-bond acceptors (Lipinski definition) is 2. The van der Waals surface area contributed by atoms with Crippen molar-refractivity contribution in [3.63, 3.8) is 0 Å². The molecule has 1 aliphatic carbocycles. The molecule has 0 bridgehead atoms. The second-order valence-electron chi connectivity index (χ2n) is 8.22. The maximum Gasteiger partial charge on any atom is 0.132 e. The molecule has 2 unspecified atom stereocenters. The molecule has 0 aromatic rings. The number of Topliss-reactive ketones (excluding diaryl/α,β-unsaturated/α-hetero) is 1. The van der Waals surface area contributed by atoms with Crippen molar-refractivity contribution in [2.45, 2.75) is 97.9 Å². The monoisotopic (exact) mass is 295 g/mol. The first-order valence-corrected chi connectivity index (χ1v) is 9.03. The van der Waals surface area contributed by atoms with Gasteiger partial charge in [0.1, 0.15) is 5.78 Å². The van der Waals surface area contributed by atoms with E-state index in [0.717, 1.165) is 19.4 Å². The summed E-state index contributed by atoms with van der Waals surface area (Å²) in [4.78, 5) is 12.0. The van der Waals surface area contributed by atoms with Crippen molar-refractivity contribution >= 4 is 5.78 Å². The minimum absolute atomic E-state index is 0.269. The number of carbonyl (C=O) groups is 1. The standard InChI is InChI=1S/C19H37NO/c1-6-20-19(5)13-9-7-8-12-18(3,4)15-17(16(2)21)11-10-14-19/h17,20H,6-15H2,1-5H3. The Balaban J connectivity index is 2.72. The molecule has 1 N–H and O–H groups in total. The van der Waals surface area contributed by atoms with E-state index in [-0.39, 0.29) is 11.5 Å². The van der Waals surface area contributed by atoms with Crippen molar-refractivity contribution in [2.24, 2.45) is 11.3 Å². The third-order valence-corrected chi connectivity index (χ3v) is 5.34. The highest BCUT2D eigenvalue weighted by Crippen LogP contribution is 2.35. The molecule has 1 fully saturated rings.